The van der Waals surface area contributed by atoms with Gasteiger partial charge in [-0.1, -0.05) is 76.9 Å². The lowest BCUT2D eigenvalue weighted by atomic mass is 9.72. The number of halogens is 2. The summed E-state index contributed by atoms with van der Waals surface area (Å²) in [7, 11) is 0. The third-order valence-electron chi connectivity index (χ3n) is 6.34. The van der Waals surface area contributed by atoms with E-state index >= 15 is 0 Å². The fourth-order valence-corrected chi connectivity index (χ4v) is 5.57. The number of hydrogen-bond acceptors (Lipinski definition) is 4. The number of aromatic nitrogens is 1. The molecule has 0 amide bonds. The van der Waals surface area contributed by atoms with Crippen LogP contribution in [0.25, 0.3) is 0 Å². The lowest BCUT2D eigenvalue weighted by Gasteiger charge is -2.40. The van der Waals surface area contributed by atoms with E-state index in [0.717, 1.165) is 15.6 Å². The predicted octanol–water partition coefficient (Wildman–Crippen LogP) is 4.77. The molecule has 0 unspecified atom stereocenters. The molecule has 6 heteroatoms. The van der Waals surface area contributed by atoms with Crippen molar-refractivity contribution in [1.29, 1.82) is 0 Å². The Kier molecular flexibility index (Phi) is 4.30. The standard InChI is InChI=1S/C23H19BrClNO3/c1-13-19(14-5-3-2-4-6-14)23(15-7-9-16(24)10-8-15)22(28,21(13)27)20-18(29-23)11-17(25)12-26-20/h2-13,19,21,27-28H,1H3/t13-,19+,21-,22+,23+/m1/s1. The first-order chi connectivity index (χ1) is 13.9. The lowest BCUT2D eigenvalue weighted by Crippen LogP contribution is -2.52. The molecule has 1 fully saturated rings. The highest BCUT2D eigenvalue weighted by molar-refractivity contribution is 9.10. The number of ether oxygens (including phenoxy) is 1. The Morgan fingerprint density at radius 2 is 1.79 bits per heavy atom. The first-order valence-corrected chi connectivity index (χ1v) is 10.6. The van der Waals surface area contributed by atoms with Crippen LogP contribution < -0.4 is 4.74 Å². The monoisotopic (exact) mass is 471 g/mol. The molecule has 5 rings (SSSR count). The van der Waals surface area contributed by atoms with Crippen molar-refractivity contribution < 1.29 is 14.9 Å². The van der Waals surface area contributed by atoms with Crippen molar-refractivity contribution in [2.24, 2.45) is 5.92 Å². The van der Waals surface area contributed by atoms with Crippen molar-refractivity contribution in [3.63, 3.8) is 0 Å². The molecular weight excluding hydrogens is 454 g/mol. The van der Waals surface area contributed by atoms with Gasteiger partial charge in [0.15, 0.2) is 11.2 Å². The van der Waals surface area contributed by atoms with E-state index in [1.165, 1.54) is 6.20 Å². The van der Waals surface area contributed by atoms with Gasteiger partial charge in [-0.2, -0.15) is 0 Å². The molecule has 0 saturated heterocycles. The van der Waals surface area contributed by atoms with Gasteiger partial charge in [-0.05, 0) is 29.2 Å². The molecule has 29 heavy (non-hydrogen) atoms. The highest BCUT2D eigenvalue weighted by Gasteiger charge is 2.75. The Morgan fingerprint density at radius 3 is 2.48 bits per heavy atom. The summed E-state index contributed by atoms with van der Waals surface area (Å²) in [5.74, 6) is -0.190. The fourth-order valence-electron chi connectivity index (χ4n) is 5.16. The van der Waals surface area contributed by atoms with E-state index in [2.05, 4.69) is 20.9 Å². The number of nitrogens with zero attached hydrogens (tertiary/aromatic N) is 1. The molecule has 5 atom stereocenters. The van der Waals surface area contributed by atoms with E-state index in [1.807, 2.05) is 61.5 Å². The SMILES string of the molecule is C[C@H]1[C@@H](O)[C@@]2(O)c3ncc(Cl)cc3O[C@@]2(c2ccc(Br)cc2)[C@@H]1c1ccccc1. The topological polar surface area (TPSA) is 62.6 Å². The van der Waals surface area contributed by atoms with Gasteiger partial charge in [0.1, 0.15) is 11.4 Å². The average molecular weight is 473 g/mol. The molecule has 1 saturated carbocycles. The minimum Gasteiger partial charge on any atom is -0.476 e. The van der Waals surface area contributed by atoms with Crippen LogP contribution in [0.15, 0.2) is 71.3 Å². The molecule has 3 aromatic rings. The molecule has 0 bridgehead atoms. The molecule has 1 aromatic heterocycles. The fraction of sp³-hybridized carbons (Fsp3) is 0.261. The maximum absolute atomic E-state index is 12.1. The highest BCUT2D eigenvalue weighted by Crippen LogP contribution is 2.67. The van der Waals surface area contributed by atoms with E-state index in [0.29, 0.717) is 16.5 Å². The molecule has 4 nitrogen and oxygen atoms in total. The largest absolute Gasteiger partial charge is 0.476 e. The first kappa shape index (κ1) is 19.1. The first-order valence-electron chi connectivity index (χ1n) is 9.46. The van der Waals surface area contributed by atoms with Crippen LogP contribution in [-0.2, 0) is 11.2 Å². The zero-order valence-corrected chi connectivity index (χ0v) is 17.9. The average Bonchev–Trinajstić information content (AvgIpc) is 3.07. The minimum atomic E-state index is -1.72. The van der Waals surface area contributed by atoms with Gasteiger partial charge in [-0.25, -0.2) is 0 Å². The van der Waals surface area contributed by atoms with Crippen LogP contribution in [0.3, 0.4) is 0 Å². The van der Waals surface area contributed by atoms with Crippen molar-refractivity contribution in [1.82, 2.24) is 4.98 Å². The summed E-state index contributed by atoms with van der Waals surface area (Å²) < 4.78 is 7.48. The minimum absolute atomic E-state index is 0.281. The Labute approximate surface area is 182 Å². The molecule has 0 spiro atoms. The third kappa shape index (κ3) is 2.42. The van der Waals surface area contributed by atoms with Gasteiger partial charge in [0.05, 0.1) is 11.1 Å². The van der Waals surface area contributed by atoms with Crippen LogP contribution in [0.5, 0.6) is 5.75 Å². The van der Waals surface area contributed by atoms with Crippen LogP contribution in [0.1, 0.15) is 29.7 Å². The van der Waals surface area contributed by atoms with E-state index in [-0.39, 0.29) is 11.8 Å². The van der Waals surface area contributed by atoms with E-state index in [4.69, 9.17) is 16.3 Å². The molecule has 2 aliphatic rings. The van der Waals surface area contributed by atoms with Crippen LogP contribution in [0.4, 0.5) is 0 Å². The Bertz CT molecular complexity index is 1080. The van der Waals surface area contributed by atoms with Gasteiger partial charge in [0, 0.05) is 22.7 Å². The second kappa shape index (κ2) is 6.54. The van der Waals surface area contributed by atoms with E-state index < -0.39 is 17.3 Å². The van der Waals surface area contributed by atoms with Gasteiger partial charge >= 0.3 is 0 Å². The summed E-state index contributed by atoms with van der Waals surface area (Å²) >= 11 is 9.64. The molecule has 148 valence electrons. The smallest absolute Gasteiger partial charge is 0.181 e. The number of aliphatic hydroxyl groups excluding tert-OH is 1. The van der Waals surface area contributed by atoms with Gasteiger partial charge in [0.25, 0.3) is 0 Å². The summed E-state index contributed by atoms with van der Waals surface area (Å²) in [5.41, 5.74) is -0.886. The zero-order valence-electron chi connectivity index (χ0n) is 15.6. The summed E-state index contributed by atoms with van der Waals surface area (Å²) in [6.07, 6.45) is 0.401. The number of pyridine rings is 1. The van der Waals surface area contributed by atoms with Crippen LogP contribution in [-0.4, -0.2) is 21.3 Å². The molecule has 2 heterocycles. The van der Waals surface area contributed by atoms with E-state index in [9.17, 15) is 10.2 Å². The van der Waals surface area contributed by atoms with Crippen molar-refractivity contribution >= 4 is 27.5 Å². The Hall–Kier alpha value is -1.92. The molecule has 2 N–H and O–H groups in total. The number of fused-ring (bicyclic) bond motifs is 3. The lowest BCUT2D eigenvalue weighted by molar-refractivity contribution is -0.152. The number of rotatable bonds is 2. The van der Waals surface area contributed by atoms with Gasteiger partial charge in [0.2, 0.25) is 0 Å². The second-order valence-corrected chi connectivity index (χ2v) is 9.16. The molecule has 0 radical (unpaired) electrons. The van der Waals surface area contributed by atoms with Crippen LogP contribution >= 0.6 is 27.5 Å². The van der Waals surface area contributed by atoms with Crippen molar-refractivity contribution in [2.75, 3.05) is 0 Å². The maximum atomic E-state index is 12.1. The second-order valence-electron chi connectivity index (χ2n) is 7.80. The van der Waals surface area contributed by atoms with E-state index in [1.54, 1.807) is 6.07 Å². The van der Waals surface area contributed by atoms with Crippen molar-refractivity contribution in [2.45, 2.75) is 30.1 Å². The summed E-state index contributed by atoms with van der Waals surface area (Å²) in [6, 6.07) is 19.2. The van der Waals surface area contributed by atoms with Gasteiger partial charge < -0.3 is 14.9 Å². The maximum Gasteiger partial charge on any atom is 0.181 e. The quantitative estimate of drug-likeness (QED) is 0.564. The molecular formula is C23H19BrClNO3. The molecule has 2 aromatic carbocycles. The number of benzene rings is 2. The summed E-state index contributed by atoms with van der Waals surface area (Å²) in [4.78, 5) is 4.40. The number of hydrogen-bond donors (Lipinski definition) is 2. The third-order valence-corrected chi connectivity index (χ3v) is 7.07. The summed E-state index contributed by atoms with van der Waals surface area (Å²) in [5, 5.41) is 23.9. The molecule has 1 aliphatic heterocycles. The van der Waals surface area contributed by atoms with Gasteiger partial charge in [-0.3, -0.25) is 4.98 Å². The predicted molar refractivity (Wildman–Crippen MR) is 114 cm³/mol. The number of aliphatic hydroxyl groups is 2. The highest BCUT2D eigenvalue weighted by atomic mass is 79.9. The summed E-state index contributed by atoms with van der Waals surface area (Å²) in [6.45, 7) is 1.94. The van der Waals surface area contributed by atoms with Crippen molar-refractivity contribution in [3.05, 3.63) is 93.2 Å². The zero-order chi connectivity index (χ0) is 20.4. The van der Waals surface area contributed by atoms with Crippen LogP contribution in [0, 0.1) is 5.92 Å². The van der Waals surface area contributed by atoms with Gasteiger partial charge in [-0.15, -0.1) is 0 Å². The Morgan fingerprint density at radius 1 is 1.10 bits per heavy atom. The van der Waals surface area contributed by atoms with Crippen molar-refractivity contribution in [3.8, 4) is 5.75 Å². The Balaban J connectivity index is 1.84. The normalized spacial score (nSPS) is 32.5. The van der Waals surface area contributed by atoms with Crippen LogP contribution in [0.2, 0.25) is 5.02 Å². The molecule has 1 aliphatic carbocycles.